The maximum Gasteiger partial charge on any atom is 1.00 e. The summed E-state index contributed by atoms with van der Waals surface area (Å²) in [5.41, 5.74) is 0. The van der Waals surface area contributed by atoms with Crippen molar-refractivity contribution in [2.24, 2.45) is 0 Å². The van der Waals surface area contributed by atoms with Crippen LogP contribution in [0.4, 0.5) is 0 Å². The van der Waals surface area contributed by atoms with Crippen molar-refractivity contribution in [3.63, 3.8) is 0 Å². The van der Waals surface area contributed by atoms with Crippen molar-refractivity contribution < 1.29 is 227 Å². The molecule has 0 aliphatic rings. The van der Waals surface area contributed by atoms with Crippen LogP contribution in [0.25, 0.3) is 0 Å². The van der Waals surface area contributed by atoms with E-state index in [9.17, 15) is 0 Å². The number of hydrogen-bond donors (Lipinski definition) is 0. The van der Waals surface area contributed by atoms with Gasteiger partial charge in [0.2, 0.25) is 0 Å². The van der Waals surface area contributed by atoms with Gasteiger partial charge in [0.1, 0.15) is 0 Å². The SMILES string of the molecule is O.[Cs+].[Cs+].[Cs+].[O-]B([O-])[O-]. The molecule has 0 unspecified atom stereocenters. The molecular weight excluding hydrogens is 474 g/mol. The van der Waals surface area contributed by atoms with Gasteiger partial charge in [-0.25, -0.2) is 0 Å². The van der Waals surface area contributed by atoms with Crippen LogP contribution in [0.2, 0.25) is 0 Å². The van der Waals surface area contributed by atoms with Gasteiger partial charge in [0, 0.05) is 0 Å². The van der Waals surface area contributed by atoms with Crippen molar-refractivity contribution in [3.8, 4) is 0 Å². The monoisotopic (exact) mass is 476 g/mol. The summed E-state index contributed by atoms with van der Waals surface area (Å²) in [4.78, 5) is 0. The topological polar surface area (TPSA) is 101 Å². The minimum absolute atomic E-state index is 0. The van der Waals surface area contributed by atoms with Crippen molar-refractivity contribution in [3.05, 3.63) is 0 Å². The van der Waals surface area contributed by atoms with Gasteiger partial charge < -0.3 is 20.5 Å². The third-order valence-electron chi connectivity index (χ3n) is 0. The van der Waals surface area contributed by atoms with E-state index in [0.29, 0.717) is 0 Å². The first-order chi connectivity index (χ1) is 1.73. The third kappa shape index (κ3) is 40.2. The minimum Gasteiger partial charge on any atom is -0.907 e. The van der Waals surface area contributed by atoms with Crippen molar-refractivity contribution in [1.29, 1.82) is 0 Å². The van der Waals surface area contributed by atoms with Gasteiger partial charge in [-0.15, -0.1) is 0 Å². The van der Waals surface area contributed by atoms with Crippen LogP contribution in [-0.2, 0) is 0 Å². The Balaban J connectivity index is -0.00000000750. The molecule has 0 atom stereocenters. The first-order valence-corrected chi connectivity index (χ1v) is 0.707. The van der Waals surface area contributed by atoms with Crippen LogP contribution >= 0.6 is 0 Å². The summed E-state index contributed by atoms with van der Waals surface area (Å²) in [7, 11) is -2.92. The molecule has 0 radical (unpaired) electrons. The van der Waals surface area contributed by atoms with Crippen molar-refractivity contribution in [2.75, 3.05) is 0 Å². The van der Waals surface area contributed by atoms with Gasteiger partial charge >= 0.3 is 207 Å². The maximum absolute atomic E-state index is 8.42. The zero-order valence-corrected chi connectivity index (χ0v) is 24.1. The predicted octanol–water partition coefficient (Wildman–Crippen LogP) is -13.8. The summed E-state index contributed by atoms with van der Waals surface area (Å²) in [5.74, 6) is 0. The largest absolute Gasteiger partial charge is 1.00 e. The summed E-state index contributed by atoms with van der Waals surface area (Å²) >= 11 is 0. The van der Waals surface area contributed by atoms with Crippen LogP contribution in [0.5, 0.6) is 0 Å². The average molecular weight is 476 g/mol. The third-order valence-corrected chi connectivity index (χ3v) is 0. The zero-order valence-electron chi connectivity index (χ0n) is 5.30. The summed E-state index contributed by atoms with van der Waals surface area (Å²) in [6, 6.07) is 0. The van der Waals surface area contributed by atoms with E-state index in [1.165, 1.54) is 0 Å². The Hall–Kier alpha value is 6.06. The summed E-state index contributed by atoms with van der Waals surface area (Å²) in [6.07, 6.45) is 0. The fourth-order valence-corrected chi connectivity index (χ4v) is 0. The Morgan fingerprint density at radius 2 is 0.750 bits per heavy atom. The fourth-order valence-electron chi connectivity index (χ4n) is 0. The molecule has 0 saturated heterocycles. The van der Waals surface area contributed by atoms with E-state index in [2.05, 4.69) is 0 Å². The van der Waals surface area contributed by atoms with Crippen LogP contribution < -0.4 is 222 Å². The Bertz CT molecular complexity index is 16.0. The van der Waals surface area contributed by atoms with Crippen LogP contribution in [0.3, 0.4) is 0 Å². The molecule has 0 aromatic heterocycles. The van der Waals surface area contributed by atoms with Crippen LogP contribution in [0.1, 0.15) is 0 Å². The van der Waals surface area contributed by atoms with Crippen LogP contribution in [0, 0.1) is 0 Å². The fraction of sp³-hybridized carbons (Fsp3) is 0. The second-order valence-corrected chi connectivity index (χ2v) is 0.289. The second kappa shape index (κ2) is 23.1. The van der Waals surface area contributed by atoms with E-state index in [4.69, 9.17) is 15.1 Å². The first-order valence-electron chi connectivity index (χ1n) is 0.707. The molecule has 32 valence electrons. The number of rotatable bonds is 0. The van der Waals surface area contributed by atoms with Crippen molar-refractivity contribution in [2.45, 2.75) is 0 Å². The van der Waals surface area contributed by atoms with E-state index >= 15 is 0 Å². The van der Waals surface area contributed by atoms with Gasteiger partial charge in [-0.1, -0.05) is 0 Å². The molecule has 2 N–H and O–H groups in total. The van der Waals surface area contributed by atoms with Crippen LogP contribution in [0.15, 0.2) is 0 Å². The van der Waals surface area contributed by atoms with Crippen LogP contribution in [-0.4, -0.2) is 12.8 Å². The molecule has 0 spiro atoms. The van der Waals surface area contributed by atoms with Gasteiger partial charge in [0.25, 0.3) is 0 Å². The molecule has 0 heterocycles. The van der Waals surface area contributed by atoms with Gasteiger partial charge in [-0.3, -0.25) is 7.32 Å². The smallest absolute Gasteiger partial charge is 0.907 e. The molecule has 0 aliphatic heterocycles. The van der Waals surface area contributed by atoms with E-state index in [1.807, 2.05) is 0 Å². The number of hydrogen-bond acceptors (Lipinski definition) is 3. The standard InChI is InChI=1S/BO3.3Cs.H2O/c2-1(3)4;;;;/h;;;;1H2/q-3;3*+1;. The molecule has 4 nitrogen and oxygen atoms in total. The van der Waals surface area contributed by atoms with Gasteiger partial charge in [0.05, 0.1) is 0 Å². The molecule has 0 aromatic rings. The normalized spacial score (nSPS) is 3.38. The van der Waals surface area contributed by atoms with Crippen molar-refractivity contribution in [1.82, 2.24) is 0 Å². The first kappa shape index (κ1) is 29.2. The Morgan fingerprint density at radius 1 is 0.750 bits per heavy atom. The summed E-state index contributed by atoms with van der Waals surface area (Å²) < 4.78 is 0. The maximum atomic E-state index is 8.42. The Kier molecular flexibility index (Phi) is 84.5. The molecule has 0 aromatic carbocycles. The average Bonchev–Trinajstić information content (AvgIpc) is 0.811. The molecule has 0 fully saturated rings. The predicted molar refractivity (Wildman–Crippen MR) is 9.37 cm³/mol. The molecule has 0 bridgehead atoms. The second-order valence-electron chi connectivity index (χ2n) is 0.289. The molecule has 0 aliphatic carbocycles. The van der Waals surface area contributed by atoms with E-state index in [1.54, 1.807) is 0 Å². The molecule has 0 amide bonds. The summed E-state index contributed by atoms with van der Waals surface area (Å²) in [5, 5.41) is 25.2. The van der Waals surface area contributed by atoms with Gasteiger partial charge in [0.15, 0.2) is 0 Å². The Labute approximate surface area is 225 Å². The quantitative estimate of drug-likeness (QED) is 0.325. The Morgan fingerprint density at radius 3 is 0.750 bits per heavy atom. The molecule has 0 saturated carbocycles. The zero-order chi connectivity index (χ0) is 3.58. The molecule has 8 heavy (non-hydrogen) atoms. The summed E-state index contributed by atoms with van der Waals surface area (Å²) in [6.45, 7) is 0. The molecule has 0 rings (SSSR count). The van der Waals surface area contributed by atoms with Gasteiger partial charge in [-0.2, -0.15) is 0 Å². The van der Waals surface area contributed by atoms with Crippen molar-refractivity contribution >= 4 is 7.32 Å². The minimum atomic E-state index is -2.92. The van der Waals surface area contributed by atoms with Gasteiger partial charge in [-0.05, 0) is 0 Å². The molecular formula is H2BCs3O4. The van der Waals surface area contributed by atoms with E-state index < -0.39 is 7.32 Å². The molecule has 8 heteroatoms. The van der Waals surface area contributed by atoms with E-state index in [-0.39, 0.29) is 212 Å². The van der Waals surface area contributed by atoms with E-state index in [0.717, 1.165) is 0 Å².